The Kier molecular flexibility index (Phi) is 6.86. The molecule has 0 saturated heterocycles. The Balaban J connectivity index is 1.59. The molecule has 2 unspecified atom stereocenters. The maximum atomic E-state index is 13.8. The number of thiophene rings is 1. The number of anilines is 1. The highest BCUT2D eigenvalue weighted by Crippen LogP contribution is 2.49. The summed E-state index contributed by atoms with van der Waals surface area (Å²) in [6, 6.07) is 18.1. The van der Waals surface area contributed by atoms with E-state index in [1.807, 2.05) is 38.3 Å². The molecule has 2 aromatic carbocycles. The van der Waals surface area contributed by atoms with E-state index >= 15 is 0 Å². The van der Waals surface area contributed by atoms with Crippen LogP contribution in [0.3, 0.4) is 0 Å². The van der Waals surface area contributed by atoms with Crippen LogP contribution >= 0.6 is 23.1 Å². The van der Waals surface area contributed by atoms with Gasteiger partial charge in [-0.1, -0.05) is 36.4 Å². The van der Waals surface area contributed by atoms with E-state index in [-0.39, 0.29) is 17.6 Å². The number of thioether (sulfide) groups is 1. The van der Waals surface area contributed by atoms with Gasteiger partial charge in [0.2, 0.25) is 0 Å². The van der Waals surface area contributed by atoms with Gasteiger partial charge in [-0.2, -0.15) is 0 Å². The molecule has 2 heterocycles. The molecular weight excluding hydrogens is 491 g/mol. The zero-order valence-electron chi connectivity index (χ0n) is 20.4. The van der Waals surface area contributed by atoms with E-state index in [4.69, 9.17) is 0 Å². The van der Waals surface area contributed by atoms with Crippen LogP contribution in [0.15, 0.2) is 87.4 Å². The van der Waals surface area contributed by atoms with Gasteiger partial charge in [-0.05, 0) is 67.8 Å². The van der Waals surface area contributed by atoms with Crippen LogP contribution in [0, 0.1) is 12.7 Å². The van der Waals surface area contributed by atoms with E-state index in [2.05, 4.69) is 28.8 Å². The van der Waals surface area contributed by atoms with Crippen molar-refractivity contribution in [1.29, 1.82) is 0 Å². The van der Waals surface area contributed by atoms with Gasteiger partial charge in [0.25, 0.3) is 5.91 Å². The third kappa shape index (κ3) is 4.65. The van der Waals surface area contributed by atoms with E-state index in [9.17, 15) is 14.0 Å². The topological polar surface area (TPSA) is 58.2 Å². The second kappa shape index (κ2) is 10.1. The van der Waals surface area contributed by atoms with Crippen molar-refractivity contribution in [1.82, 2.24) is 5.32 Å². The standard InChI is InChI=1S/C29H27FN2O2S2/c1-16-12-22(29(35-3)36-16)26-25(28(34)32-21-11-7-10-20(30)15-21)17(2)31-23-13-19(14-24(33)27(23)26)18-8-5-4-6-9-18/h4-12,15,19,26,31H,13-14H2,1-3H3,(H,32,34). The number of dihydropyridines is 1. The van der Waals surface area contributed by atoms with Gasteiger partial charge in [0.15, 0.2) is 5.78 Å². The first-order chi connectivity index (χ1) is 17.4. The van der Waals surface area contributed by atoms with Crippen LogP contribution in [0.4, 0.5) is 10.1 Å². The minimum atomic E-state index is -0.480. The van der Waals surface area contributed by atoms with Crippen LogP contribution in [-0.2, 0) is 9.59 Å². The van der Waals surface area contributed by atoms with Gasteiger partial charge in [-0.25, -0.2) is 4.39 Å². The van der Waals surface area contributed by atoms with Gasteiger partial charge >= 0.3 is 0 Å². The van der Waals surface area contributed by atoms with Crippen LogP contribution in [0.1, 0.15) is 47.6 Å². The molecule has 7 heteroatoms. The number of hydrogen-bond acceptors (Lipinski definition) is 5. The number of aryl methyl sites for hydroxylation is 1. The summed E-state index contributed by atoms with van der Waals surface area (Å²) >= 11 is 3.30. The average molecular weight is 519 g/mol. The quantitative estimate of drug-likeness (QED) is 0.360. The number of Topliss-reactive ketones (excluding diaryl/α,β-unsaturated/α-hetero) is 1. The summed E-state index contributed by atoms with van der Waals surface area (Å²) < 4.78 is 14.9. The van der Waals surface area contributed by atoms with Crippen LogP contribution < -0.4 is 10.6 Å². The smallest absolute Gasteiger partial charge is 0.254 e. The number of halogens is 1. The Labute approximate surface area is 218 Å². The number of rotatable bonds is 5. The molecule has 0 radical (unpaired) electrons. The molecule has 2 N–H and O–H groups in total. The van der Waals surface area contributed by atoms with Crippen LogP contribution in [0.2, 0.25) is 0 Å². The van der Waals surface area contributed by atoms with Gasteiger partial charge in [0.05, 0.1) is 4.21 Å². The molecule has 1 amide bonds. The van der Waals surface area contributed by atoms with E-state index in [1.165, 1.54) is 12.1 Å². The number of amides is 1. The Morgan fingerprint density at radius 2 is 1.86 bits per heavy atom. The van der Waals surface area contributed by atoms with Gasteiger partial charge in [0, 0.05) is 45.4 Å². The number of allylic oxidation sites excluding steroid dienone is 3. The highest BCUT2D eigenvalue weighted by atomic mass is 32.2. The lowest BCUT2D eigenvalue weighted by molar-refractivity contribution is -0.116. The Hall–Kier alpha value is -3.16. The summed E-state index contributed by atoms with van der Waals surface area (Å²) in [6.45, 7) is 3.92. The predicted octanol–water partition coefficient (Wildman–Crippen LogP) is 6.92. The largest absolute Gasteiger partial charge is 0.362 e. The molecule has 36 heavy (non-hydrogen) atoms. The van der Waals surface area contributed by atoms with Gasteiger partial charge < -0.3 is 10.6 Å². The molecule has 0 spiro atoms. The summed E-state index contributed by atoms with van der Waals surface area (Å²) in [7, 11) is 0. The van der Waals surface area contributed by atoms with E-state index in [0.29, 0.717) is 35.4 Å². The van der Waals surface area contributed by atoms with Crippen molar-refractivity contribution in [3.8, 4) is 0 Å². The average Bonchev–Trinajstić information content (AvgIpc) is 3.23. The number of benzene rings is 2. The maximum Gasteiger partial charge on any atom is 0.254 e. The van der Waals surface area contributed by atoms with Crippen molar-refractivity contribution in [2.45, 2.75) is 42.7 Å². The van der Waals surface area contributed by atoms with Crippen molar-refractivity contribution in [2.75, 3.05) is 11.6 Å². The highest BCUT2D eigenvalue weighted by Gasteiger charge is 2.42. The highest BCUT2D eigenvalue weighted by molar-refractivity contribution is 8.00. The second-order valence-electron chi connectivity index (χ2n) is 9.20. The summed E-state index contributed by atoms with van der Waals surface area (Å²) in [5.74, 6) is -1.09. The molecule has 5 rings (SSSR count). The van der Waals surface area contributed by atoms with E-state index < -0.39 is 11.7 Å². The Bertz CT molecular complexity index is 1410. The zero-order valence-corrected chi connectivity index (χ0v) is 22.0. The predicted molar refractivity (Wildman–Crippen MR) is 145 cm³/mol. The fourth-order valence-electron chi connectivity index (χ4n) is 5.25. The van der Waals surface area contributed by atoms with Crippen molar-refractivity contribution in [3.05, 3.63) is 105 Å². The van der Waals surface area contributed by atoms with Gasteiger partial charge in [-0.15, -0.1) is 23.1 Å². The molecule has 3 aromatic rings. The monoisotopic (exact) mass is 518 g/mol. The fraction of sp³-hybridized carbons (Fsp3) is 0.241. The summed E-state index contributed by atoms with van der Waals surface area (Å²) in [6.07, 6.45) is 3.12. The first-order valence-electron chi connectivity index (χ1n) is 11.9. The molecule has 1 aliphatic carbocycles. The normalized spacial score (nSPS) is 19.7. The lowest BCUT2D eigenvalue weighted by Crippen LogP contribution is -2.37. The molecule has 0 fully saturated rings. The lowest BCUT2D eigenvalue weighted by Gasteiger charge is -2.37. The van der Waals surface area contributed by atoms with Gasteiger partial charge in [0.1, 0.15) is 5.82 Å². The molecule has 0 saturated carbocycles. The van der Waals surface area contributed by atoms with Crippen molar-refractivity contribution >= 4 is 40.5 Å². The fourth-order valence-corrected chi connectivity index (χ4v) is 7.16. The zero-order chi connectivity index (χ0) is 25.4. The Morgan fingerprint density at radius 1 is 1.08 bits per heavy atom. The van der Waals surface area contributed by atoms with Crippen LogP contribution in [0.5, 0.6) is 0 Å². The molecule has 184 valence electrons. The van der Waals surface area contributed by atoms with Crippen LogP contribution in [0.25, 0.3) is 0 Å². The molecule has 2 atom stereocenters. The van der Waals surface area contributed by atoms with Gasteiger partial charge in [-0.3, -0.25) is 9.59 Å². The number of carbonyl (C=O) groups is 2. The maximum absolute atomic E-state index is 13.8. The van der Waals surface area contributed by atoms with E-state index in [1.54, 1.807) is 35.2 Å². The molecule has 1 aromatic heterocycles. The number of carbonyl (C=O) groups excluding carboxylic acids is 2. The molecular formula is C29H27FN2O2S2. The molecule has 1 aliphatic heterocycles. The first kappa shape index (κ1) is 24.5. The molecule has 4 nitrogen and oxygen atoms in total. The number of ketones is 1. The van der Waals surface area contributed by atoms with Crippen LogP contribution in [-0.4, -0.2) is 17.9 Å². The van der Waals surface area contributed by atoms with Crippen molar-refractivity contribution in [3.63, 3.8) is 0 Å². The summed E-state index contributed by atoms with van der Waals surface area (Å²) in [5, 5.41) is 6.28. The van der Waals surface area contributed by atoms with Crippen molar-refractivity contribution < 1.29 is 14.0 Å². The minimum Gasteiger partial charge on any atom is -0.362 e. The number of hydrogen-bond donors (Lipinski definition) is 2. The SMILES string of the molecule is CSc1sc(C)cc1C1C(C(=O)Nc2cccc(F)c2)=C(C)NC2=C1C(=O)CC(c1ccccc1)C2. The summed E-state index contributed by atoms with van der Waals surface area (Å²) in [5.41, 5.74) is 5.27. The third-order valence-electron chi connectivity index (χ3n) is 6.77. The first-order valence-corrected chi connectivity index (χ1v) is 13.9. The Morgan fingerprint density at radius 3 is 2.58 bits per heavy atom. The van der Waals surface area contributed by atoms with E-state index in [0.717, 1.165) is 25.9 Å². The second-order valence-corrected chi connectivity index (χ2v) is 11.5. The van der Waals surface area contributed by atoms with Crippen molar-refractivity contribution in [2.24, 2.45) is 0 Å². The molecule has 0 bridgehead atoms. The minimum absolute atomic E-state index is 0.0575. The third-order valence-corrected chi connectivity index (χ3v) is 8.99. The number of nitrogens with one attached hydrogen (secondary N) is 2. The summed E-state index contributed by atoms with van der Waals surface area (Å²) in [4.78, 5) is 28.6. The lowest BCUT2D eigenvalue weighted by atomic mass is 9.72. The molecule has 2 aliphatic rings.